The summed E-state index contributed by atoms with van der Waals surface area (Å²) in [7, 11) is -8.30. The largest absolute Gasteiger partial charge is 0.673 e. The van der Waals surface area contributed by atoms with Gasteiger partial charge in [0.25, 0.3) is 0 Å². The second kappa shape index (κ2) is 11.3. The van der Waals surface area contributed by atoms with E-state index in [9.17, 15) is 17.3 Å². The molecular weight excluding hydrogens is 518 g/mol. The van der Waals surface area contributed by atoms with Crippen LogP contribution in [0.1, 0.15) is 5.69 Å². The van der Waals surface area contributed by atoms with Gasteiger partial charge in [0.2, 0.25) is 0 Å². The minimum absolute atomic E-state index is 0.665. The number of nitrogens with zero attached hydrogens (tertiary/aromatic N) is 2. The molecule has 188 valence electrons. The third-order valence-electron chi connectivity index (χ3n) is 5.74. The second-order valence-corrected chi connectivity index (χ2v) is 11.8. The highest BCUT2D eigenvalue weighted by atomic mass is 35.5. The lowest BCUT2D eigenvalue weighted by Crippen LogP contribution is -2.39. The highest BCUT2D eigenvalue weighted by molar-refractivity contribution is 8.01. The molecule has 0 aliphatic carbocycles. The first kappa shape index (κ1) is 26.7. The number of aromatic nitrogens is 2. The Morgan fingerprint density at radius 3 is 1.30 bits per heavy atom. The topological polar surface area (TPSA) is 17.8 Å². The van der Waals surface area contributed by atoms with E-state index in [1.807, 2.05) is 35.0 Å². The maximum atomic E-state index is 9.75. The van der Waals surface area contributed by atoms with Crippen LogP contribution in [-0.4, -0.2) is 17.0 Å². The summed E-state index contributed by atoms with van der Waals surface area (Å²) >= 11 is 7.23. The van der Waals surface area contributed by atoms with E-state index in [0.29, 0.717) is 5.15 Å². The molecule has 0 unspecified atom stereocenters. The summed E-state index contributed by atoms with van der Waals surface area (Å²) in [6.45, 7) is 2.07. The predicted molar refractivity (Wildman–Crippen MR) is 148 cm³/mol. The van der Waals surface area contributed by atoms with Gasteiger partial charge in [0, 0.05) is 0 Å². The van der Waals surface area contributed by atoms with Gasteiger partial charge in [-0.05, 0) is 55.5 Å². The van der Waals surface area contributed by atoms with Gasteiger partial charge in [-0.3, -0.25) is 0 Å². The fourth-order valence-corrected chi connectivity index (χ4v) is 9.48. The summed E-state index contributed by atoms with van der Waals surface area (Å²) < 4.78 is 40.9. The molecule has 5 rings (SSSR count). The standard InChI is InChI=1S/C28H23ClN2P.BF4/c1-22-27(28(29)31(30-22)23-14-6-2-7-15-23)32(24-16-8-3-9-17-24,25-18-10-4-11-19-25)26-20-12-5-13-21-26;2-1(3,4)5/h2-21H,1H3;/q+1;-1. The van der Waals surface area contributed by atoms with Gasteiger partial charge in [-0.1, -0.05) is 84.4 Å². The average molecular weight is 541 g/mol. The van der Waals surface area contributed by atoms with Gasteiger partial charge in [-0.2, -0.15) is 5.10 Å². The molecule has 4 aromatic carbocycles. The van der Waals surface area contributed by atoms with Gasteiger partial charge in [-0.25, -0.2) is 4.68 Å². The summed E-state index contributed by atoms with van der Waals surface area (Å²) in [6.07, 6.45) is 0. The molecular formula is C28H23BClF4N2P. The highest BCUT2D eigenvalue weighted by Gasteiger charge is 2.52. The van der Waals surface area contributed by atoms with Crippen LogP contribution in [0, 0.1) is 6.92 Å². The van der Waals surface area contributed by atoms with Crippen molar-refractivity contribution >= 4 is 47.3 Å². The number of aryl methyl sites for hydroxylation is 1. The zero-order valence-electron chi connectivity index (χ0n) is 19.9. The summed E-state index contributed by atoms with van der Waals surface area (Å²) in [4.78, 5) is 0. The van der Waals surface area contributed by atoms with Crippen molar-refractivity contribution < 1.29 is 17.3 Å². The molecule has 1 aromatic heterocycles. The molecule has 9 heteroatoms. The fourth-order valence-electron chi connectivity index (χ4n) is 4.40. The highest BCUT2D eigenvalue weighted by Crippen LogP contribution is 2.56. The third-order valence-corrected chi connectivity index (χ3v) is 10.6. The van der Waals surface area contributed by atoms with Gasteiger partial charge in [0.15, 0.2) is 10.5 Å². The van der Waals surface area contributed by atoms with Crippen LogP contribution < -0.4 is 21.2 Å². The quantitative estimate of drug-likeness (QED) is 0.137. The van der Waals surface area contributed by atoms with Crippen LogP contribution >= 0.6 is 18.9 Å². The van der Waals surface area contributed by atoms with E-state index in [2.05, 4.69) is 97.9 Å². The Morgan fingerprint density at radius 1 is 0.622 bits per heavy atom. The number of para-hydroxylation sites is 1. The number of hydrogen-bond donors (Lipinski definition) is 0. The molecule has 37 heavy (non-hydrogen) atoms. The number of hydrogen-bond acceptors (Lipinski definition) is 1. The maximum absolute atomic E-state index is 9.75. The molecule has 0 aliphatic rings. The Labute approximate surface area is 219 Å². The van der Waals surface area contributed by atoms with Crippen molar-refractivity contribution in [3.05, 3.63) is 132 Å². The minimum Gasteiger partial charge on any atom is -0.418 e. The van der Waals surface area contributed by atoms with Crippen molar-refractivity contribution in [2.75, 3.05) is 0 Å². The molecule has 1 heterocycles. The van der Waals surface area contributed by atoms with E-state index in [4.69, 9.17) is 16.7 Å². The molecule has 0 saturated heterocycles. The molecule has 0 amide bonds. The van der Waals surface area contributed by atoms with E-state index in [-0.39, 0.29) is 0 Å². The lowest BCUT2D eigenvalue weighted by atomic mass is 10.3. The molecule has 5 aromatic rings. The fraction of sp³-hybridized carbons (Fsp3) is 0.0357. The second-order valence-electron chi connectivity index (χ2n) is 8.14. The molecule has 0 fully saturated rings. The van der Waals surface area contributed by atoms with E-state index >= 15 is 0 Å². The molecule has 0 bridgehead atoms. The molecule has 0 spiro atoms. The number of rotatable bonds is 5. The molecule has 0 N–H and O–H groups in total. The van der Waals surface area contributed by atoms with E-state index in [1.165, 1.54) is 15.9 Å². The van der Waals surface area contributed by atoms with Crippen molar-refractivity contribution in [2.45, 2.75) is 6.92 Å². The monoisotopic (exact) mass is 540 g/mol. The first-order valence-electron chi connectivity index (χ1n) is 11.5. The maximum Gasteiger partial charge on any atom is 0.673 e. The smallest absolute Gasteiger partial charge is 0.418 e. The lowest BCUT2D eigenvalue weighted by molar-refractivity contribution is 0.368. The third kappa shape index (κ3) is 5.79. The summed E-state index contributed by atoms with van der Waals surface area (Å²) in [5, 5.41) is 10.5. The number of benzene rings is 4. The first-order valence-corrected chi connectivity index (χ1v) is 13.6. The van der Waals surface area contributed by atoms with Crippen LogP contribution in [-0.2, 0) is 0 Å². The Hall–Kier alpha value is -3.41. The Balaban J connectivity index is 0.000000586. The van der Waals surface area contributed by atoms with Crippen LogP contribution in [0.25, 0.3) is 5.69 Å². The molecule has 2 nitrogen and oxygen atoms in total. The lowest BCUT2D eigenvalue weighted by Gasteiger charge is -2.27. The summed E-state index contributed by atoms with van der Waals surface area (Å²) in [5.41, 5.74) is 1.91. The van der Waals surface area contributed by atoms with Crippen LogP contribution in [0.3, 0.4) is 0 Å². The van der Waals surface area contributed by atoms with Crippen molar-refractivity contribution in [3.8, 4) is 5.69 Å². The normalized spacial score (nSPS) is 11.5. The minimum atomic E-state index is -6.00. The Kier molecular flexibility index (Phi) is 8.16. The van der Waals surface area contributed by atoms with Gasteiger partial charge in [-0.15, -0.1) is 0 Å². The molecule has 0 aliphatic heterocycles. The first-order chi connectivity index (χ1) is 17.7. The van der Waals surface area contributed by atoms with Crippen molar-refractivity contribution in [2.24, 2.45) is 0 Å². The van der Waals surface area contributed by atoms with E-state index < -0.39 is 14.5 Å². The van der Waals surface area contributed by atoms with Crippen LogP contribution in [0.5, 0.6) is 0 Å². The molecule has 0 atom stereocenters. The molecule has 0 radical (unpaired) electrons. The van der Waals surface area contributed by atoms with Crippen LogP contribution in [0.4, 0.5) is 17.3 Å². The van der Waals surface area contributed by atoms with E-state index in [1.54, 1.807) is 0 Å². The Morgan fingerprint density at radius 2 is 0.946 bits per heavy atom. The summed E-state index contributed by atoms with van der Waals surface area (Å²) in [5.74, 6) is 0. The van der Waals surface area contributed by atoms with Crippen LogP contribution in [0.2, 0.25) is 5.15 Å². The Bertz CT molecular complexity index is 1330. The van der Waals surface area contributed by atoms with Crippen molar-refractivity contribution in [1.82, 2.24) is 9.78 Å². The van der Waals surface area contributed by atoms with Crippen LogP contribution in [0.15, 0.2) is 121 Å². The van der Waals surface area contributed by atoms with Gasteiger partial charge < -0.3 is 17.3 Å². The summed E-state index contributed by atoms with van der Waals surface area (Å²) in [6, 6.07) is 42.3. The van der Waals surface area contributed by atoms with Crippen molar-refractivity contribution in [3.63, 3.8) is 0 Å². The zero-order chi connectivity index (χ0) is 26.5. The van der Waals surface area contributed by atoms with Gasteiger partial charge in [0.1, 0.15) is 28.9 Å². The predicted octanol–water partition coefficient (Wildman–Crippen LogP) is 6.75. The van der Waals surface area contributed by atoms with E-state index in [0.717, 1.165) is 16.7 Å². The van der Waals surface area contributed by atoms with Gasteiger partial charge in [0.05, 0.1) is 5.69 Å². The average Bonchev–Trinajstić information content (AvgIpc) is 3.20. The van der Waals surface area contributed by atoms with Crippen molar-refractivity contribution in [1.29, 1.82) is 0 Å². The zero-order valence-corrected chi connectivity index (χ0v) is 21.5. The molecule has 0 saturated carbocycles. The number of halogens is 5. The van der Waals surface area contributed by atoms with Gasteiger partial charge >= 0.3 is 7.25 Å². The SMILES string of the molecule is Cc1nn(-c2ccccc2)c(Cl)c1[P+](c1ccccc1)(c1ccccc1)c1ccccc1.F[B-](F)(F)F.